The fourth-order valence-electron chi connectivity index (χ4n) is 1.52. The number of rotatable bonds is 6. The largest absolute Gasteiger partial charge is 0.462 e. The van der Waals surface area contributed by atoms with Crippen LogP contribution < -0.4 is 0 Å². The Morgan fingerprint density at radius 3 is 1.88 bits per heavy atom. The first-order valence-corrected chi connectivity index (χ1v) is 6.83. The van der Waals surface area contributed by atoms with E-state index in [1.807, 2.05) is 0 Å². The summed E-state index contributed by atoms with van der Waals surface area (Å²) < 4.78 is 77.7. The molecule has 2 aliphatic heterocycles. The van der Waals surface area contributed by atoms with Gasteiger partial charge in [-0.3, -0.25) is 4.74 Å². The lowest BCUT2D eigenvalue weighted by Crippen LogP contribution is -2.54. The van der Waals surface area contributed by atoms with E-state index in [0.29, 0.717) is 0 Å². The minimum atomic E-state index is -3.54. The average molecular weight is 374 g/mol. The lowest BCUT2D eigenvalue weighted by atomic mass is 10.1. The number of esters is 2. The Morgan fingerprint density at radius 1 is 1.04 bits per heavy atom. The quantitative estimate of drug-likeness (QED) is 0.403. The van der Waals surface area contributed by atoms with Gasteiger partial charge < -0.3 is 14.2 Å². The highest BCUT2D eigenvalue weighted by atomic mass is 19.3. The van der Waals surface area contributed by atoms with Gasteiger partial charge in [0.05, 0.1) is 6.61 Å². The lowest BCUT2D eigenvalue weighted by Gasteiger charge is -2.38. The van der Waals surface area contributed by atoms with Crippen LogP contribution in [0, 0.1) is 11.8 Å². The highest BCUT2D eigenvalue weighted by molar-refractivity contribution is 5.81. The highest BCUT2D eigenvalue weighted by Crippen LogP contribution is 2.42. The number of ether oxygens (including phenoxy) is 4. The van der Waals surface area contributed by atoms with E-state index in [1.165, 1.54) is 0 Å². The van der Waals surface area contributed by atoms with Crippen molar-refractivity contribution in [1.29, 1.82) is 0 Å². The molecular formula is C14H15F5O6. The van der Waals surface area contributed by atoms with E-state index in [1.54, 1.807) is 0 Å². The molecule has 11 heteroatoms. The van der Waals surface area contributed by atoms with Gasteiger partial charge in [-0.2, -0.15) is 17.6 Å². The summed E-state index contributed by atoms with van der Waals surface area (Å²) in [7, 11) is 0. The molecule has 0 aromatic rings. The monoisotopic (exact) mass is 374 g/mol. The SMILES string of the molecule is C=CC(=O)OCC1C(F)OC1(F)F.C=CC(=O)OCC1COC1(F)F. The van der Waals surface area contributed by atoms with Crippen LogP contribution in [0.2, 0.25) is 0 Å². The summed E-state index contributed by atoms with van der Waals surface area (Å²) in [6.45, 7) is 5.07. The minimum absolute atomic E-state index is 0.0720. The smallest absolute Gasteiger partial charge is 0.369 e. The molecule has 0 spiro atoms. The van der Waals surface area contributed by atoms with E-state index in [-0.39, 0.29) is 13.2 Å². The van der Waals surface area contributed by atoms with Crippen molar-refractivity contribution in [2.45, 2.75) is 18.6 Å². The first-order chi connectivity index (χ1) is 11.5. The molecule has 6 nitrogen and oxygen atoms in total. The van der Waals surface area contributed by atoms with Crippen LogP contribution in [0.3, 0.4) is 0 Å². The van der Waals surface area contributed by atoms with Crippen molar-refractivity contribution >= 4 is 11.9 Å². The Morgan fingerprint density at radius 2 is 1.56 bits per heavy atom. The highest BCUT2D eigenvalue weighted by Gasteiger charge is 2.59. The predicted molar refractivity (Wildman–Crippen MR) is 71.1 cm³/mol. The van der Waals surface area contributed by atoms with Gasteiger partial charge in [0.15, 0.2) is 0 Å². The number of carbonyl (C=O) groups is 2. The van der Waals surface area contributed by atoms with Crippen LogP contribution >= 0.6 is 0 Å². The van der Waals surface area contributed by atoms with Crippen molar-refractivity contribution in [3.8, 4) is 0 Å². The molecule has 2 aliphatic rings. The molecule has 2 rings (SSSR count). The van der Waals surface area contributed by atoms with E-state index in [0.717, 1.165) is 12.2 Å². The van der Waals surface area contributed by atoms with E-state index in [9.17, 15) is 31.5 Å². The number of alkyl halides is 5. The molecule has 0 aromatic heterocycles. The third-order valence-corrected chi connectivity index (χ3v) is 3.14. The number of halogens is 5. The number of hydrogen-bond acceptors (Lipinski definition) is 6. The van der Waals surface area contributed by atoms with Crippen LogP contribution in [0.1, 0.15) is 0 Å². The van der Waals surface area contributed by atoms with Gasteiger partial charge in [0, 0.05) is 12.2 Å². The van der Waals surface area contributed by atoms with Crippen LogP contribution in [0.5, 0.6) is 0 Å². The maximum atomic E-state index is 12.3. The molecule has 142 valence electrons. The summed E-state index contributed by atoms with van der Waals surface area (Å²) in [5.41, 5.74) is 0. The Balaban J connectivity index is 0.000000251. The van der Waals surface area contributed by atoms with Gasteiger partial charge >= 0.3 is 24.2 Å². The van der Waals surface area contributed by atoms with E-state index < -0.39 is 49.0 Å². The Bertz CT molecular complexity index is 524. The van der Waals surface area contributed by atoms with Gasteiger partial charge in [0.1, 0.15) is 25.0 Å². The number of hydrogen-bond donors (Lipinski definition) is 0. The minimum Gasteiger partial charge on any atom is -0.462 e. The standard InChI is InChI=1S/C7H7F3O3.C7H8F2O3/c1-2-5(11)12-3-4-6(8)13-7(4,9)10;1-2-6(10)11-3-5-4-12-7(5,8)9/h2,4,6H,1,3H2;2,5H,1,3-4H2. The van der Waals surface area contributed by atoms with Gasteiger partial charge in [0.2, 0.25) is 6.36 Å². The Hall–Kier alpha value is -2.01. The van der Waals surface area contributed by atoms with Crippen molar-refractivity contribution in [2.75, 3.05) is 19.8 Å². The second-order valence-electron chi connectivity index (χ2n) is 4.88. The van der Waals surface area contributed by atoms with Crippen LogP contribution in [-0.2, 0) is 28.5 Å². The van der Waals surface area contributed by atoms with Gasteiger partial charge in [-0.05, 0) is 0 Å². The number of carbonyl (C=O) groups excluding carboxylic acids is 2. The van der Waals surface area contributed by atoms with Crippen LogP contribution in [0.4, 0.5) is 22.0 Å². The zero-order chi connectivity index (χ0) is 19.3. The molecule has 25 heavy (non-hydrogen) atoms. The average Bonchev–Trinajstić information content (AvgIpc) is 2.53. The summed E-state index contributed by atoms with van der Waals surface area (Å²) >= 11 is 0. The molecule has 0 amide bonds. The second-order valence-corrected chi connectivity index (χ2v) is 4.88. The summed E-state index contributed by atoms with van der Waals surface area (Å²) in [6.07, 6.45) is -7.02. The van der Waals surface area contributed by atoms with Crippen LogP contribution in [0.25, 0.3) is 0 Å². The third-order valence-electron chi connectivity index (χ3n) is 3.14. The summed E-state index contributed by atoms with van der Waals surface area (Å²) in [5, 5.41) is 0. The maximum absolute atomic E-state index is 12.3. The maximum Gasteiger partial charge on any atom is 0.369 e. The fraction of sp³-hybridized carbons (Fsp3) is 0.571. The normalized spacial score (nSPS) is 28.1. The van der Waals surface area contributed by atoms with Crippen LogP contribution in [0.15, 0.2) is 25.3 Å². The van der Waals surface area contributed by atoms with E-state index in [2.05, 4.69) is 32.1 Å². The predicted octanol–water partition coefficient (Wildman–Crippen LogP) is 2.21. The van der Waals surface area contributed by atoms with Crippen molar-refractivity contribution in [3.05, 3.63) is 25.3 Å². The molecule has 3 unspecified atom stereocenters. The molecule has 2 fully saturated rings. The Labute approximate surface area is 139 Å². The van der Waals surface area contributed by atoms with Gasteiger partial charge in [-0.15, -0.1) is 0 Å². The fourth-order valence-corrected chi connectivity index (χ4v) is 1.52. The molecule has 0 aromatic carbocycles. The molecule has 0 N–H and O–H groups in total. The van der Waals surface area contributed by atoms with Crippen molar-refractivity contribution in [3.63, 3.8) is 0 Å². The molecule has 0 radical (unpaired) electrons. The first-order valence-electron chi connectivity index (χ1n) is 6.83. The van der Waals surface area contributed by atoms with Crippen molar-refractivity contribution < 1.29 is 50.5 Å². The third kappa shape index (κ3) is 5.78. The Kier molecular flexibility index (Phi) is 7.06. The molecule has 0 saturated carbocycles. The lowest BCUT2D eigenvalue weighted by molar-refractivity contribution is -0.428. The summed E-state index contributed by atoms with van der Waals surface area (Å²) in [6, 6.07) is 0. The molecule has 0 aliphatic carbocycles. The van der Waals surface area contributed by atoms with E-state index in [4.69, 9.17) is 0 Å². The summed E-state index contributed by atoms with van der Waals surface area (Å²) in [4.78, 5) is 20.9. The molecular weight excluding hydrogens is 359 g/mol. The zero-order valence-corrected chi connectivity index (χ0v) is 12.8. The van der Waals surface area contributed by atoms with Crippen LogP contribution in [-0.4, -0.2) is 50.3 Å². The first kappa shape index (κ1) is 21.0. The van der Waals surface area contributed by atoms with Gasteiger partial charge in [-0.25, -0.2) is 14.0 Å². The zero-order valence-electron chi connectivity index (χ0n) is 12.8. The summed E-state index contributed by atoms with van der Waals surface area (Å²) in [5.74, 6) is -4.29. The molecule has 2 saturated heterocycles. The van der Waals surface area contributed by atoms with Crippen molar-refractivity contribution in [1.82, 2.24) is 0 Å². The molecule has 0 bridgehead atoms. The van der Waals surface area contributed by atoms with Gasteiger partial charge in [0.25, 0.3) is 0 Å². The molecule has 3 atom stereocenters. The topological polar surface area (TPSA) is 71.1 Å². The van der Waals surface area contributed by atoms with E-state index >= 15 is 0 Å². The van der Waals surface area contributed by atoms with Gasteiger partial charge in [-0.1, -0.05) is 13.2 Å². The second kappa shape index (κ2) is 8.39. The van der Waals surface area contributed by atoms with Crippen molar-refractivity contribution in [2.24, 2.45) is 11.8 Å². The molecule has 2 heterocycles.